The largest absolute Gasteiger partial charge is 0.497 e. The van der Waals surface area contributed by atoms with E-state index in [2.05, 4.69) is 5.32 Å². The number of sulfonamides is 1. The first-order valence-electron chi connectivity index (χ1n) is 7.07. The lowest BCUT2D eigenvalue weighted by atomic mass is 10.3. The van der Waals surface area contributed by atoms with E-state index in [0.717, 1.165) is 18.4 Å². The van der Waals surface area contributed by atoms with Gasteiger partial charge >= 0.3 is 0 Å². The van der Waals surface area contributed by atoms with Crippen LogP contribution in [0.3, 0.4) is 0 Å². The van der Waals surface area contributed by atoms with Crippen LogP contribution in [0.25, 0.3) is 0 Å². The Hall–Kier alpha value is -2.68. The molecular weight excluding hydrogens is 354 g/mol. The number of nitrogens with one attached hydrogen (secondary N) is 1. The fourth-order valence-electron chi connectivity index (χ4n) is 2.10. The molecule has 0 saturated carbocycles. The summed E-state index contributed by atoms with van der Waals surface area (Å²) in [6, 6.07) is 8.87. The summed E-state index contributed by atoms with van der Waals surface area (Å²) < 4.78 is 56.4. The van der Waals surface area contributed by atoms with Gasteiger partial charge in [0, 0.05) is 17.8 Å². The predicted octanol–water partition coefficient (Wildman–Crippen LogP) is 2.38. The Kier molecular flexibility index (Phi) is 5.58. The van der Waals surface area contributed by atoms with Crippen molar-refractivity contribution < 1.29 is 26.7 Å². The third-order valence-corrected chi connectivity index (χ3v) is 4.35. The molecule has 9 heteroatoms. The monoisotopic (exact) mass is 370 g/mol. The highest BCUT2D eigenvalue weighted by Gasteiger charge is 2.24. The van der Waals surface area contributed by atoms with Crippen molar-refractivity contribution in [3.63, 3.8) is 0 Å². The molecule has 0 aliphatic carbocycles. The summed E-state index contributed by atoms with van der Waals surface area (Å²) in [7, 11) is -2.51. The molecule has 1 N–H and O–H groups in total. The van der Waals surface area contributed by atoms with Crippen molar-refractivity contribution in [2.24, 2.45) is 0 Å². The van der Waals surface area contributed by atoms with Gasteiger partial charge in [-0.25, -0.2) is 17.2 Å². The van der Waals surface area contributed by atoms with Crippen molar-refractivity contribution in [3.05, 3.63) is 54.1 Å². The van der Waals surface area contributed by atoms with Gasteiger partial charge in [0.2, 0.25) is 15.9 Å². The maximum Gasteiger partial charge on any atom is 0.245 e. The van der Waals surface area contributed by atoms with Crippen molar-refractivity contribution in [2.45, 2.75) is 0 Å². The van der Waals surface area contributed by atoms with E-state index in [9.17, 15) is 22.0 Å². The lowest BCUT2D eigenvalue weighted by Crippen LogP contribution is -2.38. The number of ether oxygens (including phenoxy) is 1. The second-order valence-electron chi connectivity index (χ2n) is 5.15. The molecule has 0 unspecified atom stereocenters. The van der Waals surface area contributed by atoms with Crippen LogP contribution in [-0.2, 0) is 14.8 Å². The zero-order valence-corrected chi connectivity index (χ0v) is 14.3. The lowest BCUT2D eigenvalue weighted by Gasteiger charge is -2.22. The van der Waals surface area contributed by atoms with Crippen molar-refractivity contribution in [1.82, 2.24) is 0 Å². The minimum atomic E-state index is -3.97. The Morgan fingerprint density at radius 3 is 2.52 bits per heavy atom. The number of methoxy groups -OCH3 is 1. The van der Waals surface area contributed by atoms with E-state index in [0.29, 0.717) is 21.8 Å². The number of hydrogen-bond acceptors (Lipinski definition) is 4. The van der Waals surface area contributed by atoms with Crippen LogP contribution in [0, 0.1) is 11.6 Å². The third-order valence-electron chi connectivity index (χ3n) is 3.22. The first-order chi connectivity index (χ1) is 11.7. The highest BCUT2D eigenvalue weighted by molar-refractivity contribution is 7.92. The molecule has 0 aromatic heterocycles. The third kappa shape index (κ3) is 4.90. The Bertz CT molecular complexity index is 887. The molecule has 1 amide bonds. The Morgan fingerprint density at radius 2 is 1.92 bits per heavy atom. The summed E-state index contributed by atoms with van der Waals surface area (Å²) in [5.41, 5.74) is -0.0259. The van der Waals surface area contributed by atoms with E-state index in [1.807, 2.05) is 0 Å². The minimum absolute atomic E-state index is 0.386. The molecule has 0 bridgehead atoms. The average Bonchev–Trinajstić information content (AvgIpc) is 2.52. The zero-order chi connectivity index (χ0) is 18.6. The normalized spacial score (nSPS) is 11.0. The lowest BCUT2D eigenvalue weighted by molar-refractivity contribution is -0.114. The van der Waals surface area contributed by atoms with Crippen LogP contribution in [0.4, 0.5) is 20.2 Å². The van der Waals surface area contributed by atoms with Gasteiger partial charge in [0.25, 0.3) is 0 Å². The van der Waals surface area contributed by atoms with Gasteiger partial charge in [-0.3, -0.25) is 9.10 Å². The smallest absolute Gasteiger partial charge is 0.245 e. The van der Waals surface area contributed by atoms with E-state index in [1.54, 1.807) is 24.3 Å². The number of nitrogens with zero attached hydrogens (tertiary/aromatic N) is 1. The predicted molar refractivity (Wildman–Crippen MR) is 90.2 cm³/mol. The Labute approximate surface area is 144 Å². The quantitative estimate of drug-likeness (QED) is 0.847. The van der Waals surface area contributed by atoms with Gasteiger partial charge in [0.1, 0.15) is 23.9 Å². The van der Waals surface area contributed by atoms with Gasteiger partial charge < -0.3 is 10.1 Å². The van der Waals surface area contributed by atoms with Crippen molar-refractivity contribution in [1.29, 1.82) is 0 Å². The SMILES string of the molecule is COc1cccc(NC(=O)CN(c2ccc(F)cc2F)S(C)(=O)=O)c1. The van der Waals surface area contributed by atoms with Gasteiger partial charge in [-0.05, 0) is 24.3 Å². The molecule has 2 aromatic rings. The first-order valence-corrected chi connectivity index (χ1v) is 8.92. The van der Waals surface area contributed by atoms with Gasteiger partial charge in [0.15, 0.2) is 0 Å². The van der Waals surface area contributed by atoms with E-state index in [-0.39, 0.29) is 0 Å². The second kappa shape index (κ2) is 7.47. The average molecular weight is 370 g/mol. The maximum absolute atomic E-state index is 13.9. The van der Waals surface area contributed by atoms with Crippen molar-refractivity contribution >= 4 is 27.3 Å². The number of carbonyl (C=O) groups excluding carboxylic acids is 1. The molecule has 2 rings (SSSR count). The molecule has 2 aromatic carbocycles. The number of benzene rings is 2. The zero-order valence-electron chi connectivity index (χ0n) is 13.5. The summed E-state index contributed by atoms with van der Waals surface area (Å²) in [6.45, 7) is -0.668. The maximum atomic E-state index is 13.9. The first kappa shape index (κ1) is 18.7. The molecule has 0 fully saturated rings. The molecule has 6 nitrogen and oxygen atoms in total. The molecule has 0 heterocycles. The van der Waals surface area contributed by atoms with Gasteiger partial charge in [-0.15, -0.1) is 0 Å². The molecular formula is C16H16F2N2O4S. The fourth-order valence-corrected chi connectivity index (χ4v) is 2.95. The number of halogens is 2. The molecule has 0 saturated heterocycles. The molecule has 134 valence electrons. The molecule has 0 spiro atoms. The summed E-state index contributed by atoms with van der Waals surface area (Å²) >= 11 is 0. The van der Waals surface area contributed by atoms with E-state index >= 15 is 0 Å². The van der Waals surface area contributed by atoms with Gasteiger partial charge in [-0.2, -0.15) is 0 Å². The number of carbonyl (C=O) groups is 1. The summed E-state index contributed by atoms with van der Waals surface area (Å²) in [6.07, 6.45) is 0.828. The fraction of sp³-hybridized carbons (Fsp3) is 0.188. The van der Waals surface area contributed by atoms with Crippen LogP contribution in [0.5, 0.6) is 5.75 Å². The molecule has 0 atom stereocenters. The highest BCUT2D eigenvalue weighted by atomic mass is 32.2. The van der Waals surface area contributed by atoms with Crippen LogP contribution in [-0.4, -0.2) is 34.2 Å². The van der Waals surface area contributed by atoms with Crippen LogP contribution in [0.15, 0.2) is 42.5 Å². The molecule has 25 heavy (non-hydrogen) atoms. The summed E-state index contributed by atoms with van der Waals surface area (Å²) in [5, 5.41) is 2.50. The standard InChI is InChI=1S/C16H16F2N2O4S/c1-24-13-5-3-4-12(9-13)19-16(21)10-20(25(2,22)23)15-7-6-11(17)8-14(15)18/h3-9H,10H2,1-2H3,(H,19,21). The van der Waals surface area contributed by atoms with E-state index in [4.69, 9.17) is 4.74 Å². The number of amides is 1. The van der Waals surface area contributed by atoms with Crippen molar-refractivity contribution in [3.8, 4) is 5.75 Å². The molecule has 0 aliphatic heterocycles. The van der Waals surface area contributed by atoms with Gasteiger partial charge in [0.05, 0.1) is 19.1 Å². The van der Waals surface area contributed by atoms with Crippen LogP contribution < -0.4 is 14.4 Å². The Morgan fingerprint density at radius 1 is 1.20 bits per heavy atom. The number of rotatable bonds is 6. The van der Waals surface area contributed by atoms with Crippen molar-refractivity contribution in [2.75, 3.05) is 29.5 Å². The van der Waals surface area contributed by atoms with Crippen LogP contribution in [0.2, 0.25) is 0 Å². The summed E-state index contributed by atoms with van der Waals surface area (Å²) in [4.78, 5) is 12.2. The Balaban J connectivity index is 2.24. The van der Waals surface area contributed by atoms with E-state index < -0.39 is 39.8 Å². The summed E-state index contributed by atoms with van der Waals surface area (Å²) in [5.74, 6) is -2.13. The highest BCUT2D eigenvalue weighted by Crippen LogP contribution is 2.23. The number of hydrogen-bond donors (Lipinski definition) is 1. The van der Waals surface area contributed by atoms with Crippen LogP contribution >= 0.6 is 0 Å². The number of anilines is 2. The molecule has 0 radical (unpaired) electrons. The minimum Gasteiger partial charge on any atom is -0.497 e. The van der Waals surface area contributed by atoms with Gasteiger partial charge in [-0.1, -0.05) is 6.07 Å². The topological polar surface area (TPSA) is 75.7 Å². The molecule has 0 aliphatic rings. The second-order valence-corrected chi connectivity index (χ2v) is 7.05. The van der Waals surface area contributed by atoms with E-state index in [1.165, 1.54) is 7.11 Å². The van der Waals surface area contributed by atoms with Crippen LogP contribution in [0.1, 0.15) is 0 Å².